The van der Waals surface area contributed by atoms with Crippen LogP contribution in [-0.2, 0) is 13.1 Å². The minimum Gasteiger partial charge on any atom is -0.464 e. The van der Waals surface area contributed by atoms with Crippen LogP contribution in [0.2, 0.25) is 0 Å². The number of fused-ring (bicyclic) bond motifs is 1. The van der Waals surface area contributed by atoms with Gasteiger partial charge in [0.2, 0.25) is 0 Å². The van der Waals surface area contributed by atoms with Gasteiger partial charge in [-0.3, -0.25) is 4.90 Å². The first-order valence-corrected chi connectivity index (χ1v) is 6.86. The number of nitrogens with zero attached hydrogens (tertiary/aromatic N) is 2. The highest BCUT2D eigenvalue weighted by atomic mass is 16.3. The molecule has 0 unspecified atom stereocenters. The molecular weight excluding hydrogens is 238 g/mol. The Morgan fingerprint density at radius 1 is 1.21 bits per heavy atom. The Morgan fingerprint density at radius 3 is 2.74 bits per heavy atom. The van der Waals surface area contributed by atoms with Crippen molar-refractivity contribution >= 4 is 11.0 Å². The summed E-state index contributed by atoms with van der Waals surface area (Å²) in [4.78, 5) is 4.86. The van der Waals surface area contributed by atoms with Gasteiger partial charge in [-0.1, -0.05) is 12.1 Å². The molecule has 0 bridgehead atoms. The number of furan rings is 1. The van der Waals surface area contributed by atoms with E-state index in [4.69, 9.17) is 10.2 Å². The van der Waals surface area contributed by atoms with Gasteiger partial charge in [0.25, 0.3) is 0 Å². The van der Waals surface area contributed by atoms with Crippen LogP contribution < -0.4 is 5.73 Å². The fourth-order valence-corrected chi connectivity index (χ4v) is 2.62. The minimum absolute atomic E-state index is 0.560. The van der Waals surface area contributed by atoms with Gasteiger partial charge in [-0.25, -0.2) is 0 Å². The zero-order chi connectivity index (χ0) is 13.2. The number of benzene rings is 1. The van der Waals surface area contributed by atoms with Crippen molar-refractivity contribution in [3.8, 4) is 0 Å². The summed E-state index contributed by atoms with van der Waals surface area (Å²) in [5, 5.41) is 1.22. The Kier molecular flexibility index (Phi) is 3.55. The van der Waals surface area contributed by atoms with E-state index in [9.17, 15) is 0 Å². The third kappa shape index (κ3) is 2.66. The molecule has 1 aromatic heterocycles. The van der Waals surface area contributed by atoms with Crippen LogP contribution >= 0.6 is 0 Å². The third-order valence-corrected chi connectivity index (χ3v) is 3.95. The molecular formula is C15H21N3O. The average Bonchev–Trinajstić information content (AvgIpc) is 2.83. The van der Waals surface area contributed by atoms with Crippen molar-refractivity contribution in [3.63, 3.8) is 0 Å². The van der Waals surface area contributed by atoms with Crippen LogP contribution in [0, 0.1) is 0 Å². The van der Waals surface area contributed by atoms with Gasteiger partial charge in [0.05, 0.1) is 6.26 Å². The lowest BCUT2D eigenvalue weighted by molar-refractivity contribution is 0.148. The minimum atomic E-state index is 0.560. The maximum atomic E-state index is 5.66. The molecule has 1 aliphatic rings. The van der Waals surface area contributed by atoms with Crippen LogP contribution in [-0.4, -0.2) is 43.0 Å². The van der Waals surface area contributed by atoms with E-state index in [0.29, 0.717) is 6.54 Å². The molecule has 4 nitrogen and oxygen atoms in total. The summed E-state index contributed by atoms with van der Waals surface area (Å²) in [6, 6.07) is 6.26. The van der Waals surface area contributed by atoms with E-state index >= 15 is 0 Å². The fourth-order valence-electron chi connectivity index (χ4n) is 2.62. The Bertz CT molecular complexity index is 556. The molecule has 3 rings (SSSR count). The molecule has 2 heterocycles. The number of hydrogen-bond donors (Lipinski definition) is 1. The van der Waals surface area contributed by atoms with Crippen LogP contribution in [0.15, 0.2) is 28.9 Å². The topological polar surface area (TPSA) is 45.6 Å². The summed E-state index contributed by atoms with van der Waals surface area (Å²) in [6.07, 6.45) is 1.89. The van der Waals surface area contributed by atoms with Crippen LogP contribution in [0.1, 0.15) is 11.1 Å². The van der Waals surface area contributed by atoms with E-state index in [0.717, 1.165) is 43.9 Å². The zero-order valence-electron chi connectivity index (χ0n) is 11.4. The van der Waals surface area contributed by atoms with Crippen LogP contribution in [0.25, 0.3) is 11.0 Å². The molecule has 4 heteroatoms. The number of hydrogen-bond acceptors (Lipinski definition) is 4. The van der Waals surface area contributed by atoms with Gasteiger partial charge in [0, 0.05) is 50.2 Å². The normalized spacial score (nSPS) is 18.2. The first-order valence-electron chi connectivity index (χ1n) is 6.86. The summed E-state index contributed by atoms with van der Waals surface area (Å²) in [7, 11) is 2.18. The highest BCUT2D eigenvalue weighted by Gasteiger charge is 2.16. The Hall–Kier alpha value is -1.36. The predicted molar refractivity (Wildman–Crippen MR) is 76.9 cm³/mol. The second-order valence-electron chi connectivity index (χ2n) is 5.38. The molecule has 0 amide bonds. The first-order chi connectivity index (χ1) is 9.26. The molecule has 0 aliphatic carbocycles. The number of likely N-dealkylation sites (N-methyl/N-ethyl adjacent to an activating group) is 1. The van der Waals surface area contributed by atoms with Crippen molar-refractivity contribution in [1.82, 2.24) is 9.80 Å². The largest absolute Gasteiger partial charge is 0.464 e. The summed E-state index contributed by atoms with van der Waals surface area (Å²) >= 11 is 0. The molecule has 19 heavy (non-hydrogen) atoms. The molecule has 1 fully saturated rings. The first kappa shape index (κ1) is 12.7. The van der Waals surface area contributed by atoms with Gasteiger partial charge < -0.3 is 15.1 Å². The third-order valence-electron chi connectivity index (χ3n) is 3.95. The van der Waals surface area contributed by atoms with E-state index in [-0.39, 0.29) is 0 Å². The second-order valence-corrected chi connectivity index (χ2v) is 5.38. The Morgan fingerprint density at radius 2 is 2.00 bits per heavy atom. The highest BCUT2D eigenvalue weighted by molar-refractivity contribution is 5.81. The lowest BCUT2D eigenvalue weighted by Crippen LogP contribution is -2.43. The SMILES string of the molecule is CN1CCN(Cc2coc3cc(CN)ccc23)CC1. The molecule has 1 aliphatic heterocycles. The van der Waals surface area contributed by atoms with Crippen molar-refractivity contribution in [2.75, 3.05) is 33.2 Å². The van der Waals surface area contributed by atoms with Gasteiger partial charge in [-0.2, -0.15) is 0 Å². The molecule has 0 atom stereocenters. The smallest absolute Gasteiger partial charge is 0.134 e. The molecule has 102 valence electrons. The van der Waals surface area contributed by atoms with E-state index < -0.39 is 0 Å². The monoisotopic (exact) mass is 259 g/mol. The predicted octanol–water partition coefficient (Wildman–Crippen LogP) is 1.64. The maximum absolute atomic E-state index is 5.66. The van der Waals surface area contributed by atoms with Gasteiger partial charge in [-0.05, 0) is 18.7 Å². The van der Waals surface area contributed by atoms with Crippen molar-refractivity contribution in [1.29, 1.82) is 0 Å². The van der Waals surface area contributed by atoms with E-state index in [1.807, 2.05) is 12.3 Å². The van der Waals surface area contributed by atoms with Crippen LogP contribution in [0.3, 0.4) is 0 Å². The standard InChI is InChI=1S/C15H21N3O/c1-17-4-6-18(7-5-17)10-13-11-19-15-8-12(9-16)2-3-14(13)15/h2-3,8,11H,4-7,9-10,16H2,1H3. The molecule has 1 saturated heterocycles. The molecule has 0 saturated carbocycles. The number of piperazine rings is 1. The molecule has 1 aromatic carbocycles. The summed E-state index contributed by atoms with van der Waals surface area (Å²) in [5.41, 5.74) is 9.01. The second kappa shape index (κ2) is 5.33. The number of rotatable bonds is 3. The van der Waals surface area contributed by atoms with Crippen molar-refractivity contribution in [2.24, 2.45) is 5.73 Å². The molecule has 2 aromatic rings. The molecule has 0 spiro atoms. The quantitative estimate of drug-likeness (QED) is 0.910. The van der Waals surface area contributed by atoms with Crippen molar-refractivity contribution in [3.05, 3.63) is 35.6 Å². The van der Waals surface area contributed by atoms with Gasteiger partial charge >= 0.3 is 0 Å². The van der Waals surface area contributed by atoms with Crippen molar-refractivity contribution < 1.29 is 4.42 Å². The highest BCUT2D eigenvalue weighted by Crippen LogP contribution is 2.24. The summed E-state index contributed by atoms with van der Waals surface area (Å²) in [6.45, 7) is 6.08. The lowest BCUT2D eigenvalue weighted by Gasteiger charge is -2.32. The van der Waals surface area contributed by atoms with Crippen molar-refractivity contribution in [2.45, 2.75) is 13.1 Å². The molecule has 2 N–H and O–H groups in total. The van der Waals surface area contributed by atoms with Crippen LogP contribution in [0.4, 0.5) is 0 Å². The van der Waals surface area contributed by atoms with Gasteiger partial charge in [0.15, 0.2) is 0 Å². The van der Waals surface area contributed by atoms with Gasteiger partial charge in [0.1, 0.15) is 5.58 Å². The van der Waals surface area contributed by atoms with E-state index in [1.54, 1.807) is 0 Å². The maximum Gasteiger partial charge on any atom is 0.134 e. The molecule has 0 radical (unpaired) electrons. The summed E-state index contributed by atoms with van der Waals surface area (Å²) in [5.74, 6) is 0. The van der Waals surface area contributed by atoms with E-state index in [1.165, 1.54) is 10.9 Å². The van der Waals surface area contributed by atoms with Gasteiger partial charge in [-0.15, -0.1) is 0 Å². The Labute approximate surface area is 113 Å². The van der Waals surface area contributed by atoms with E-state index in [2.05, 4.69) is 29.0 Å². The average molecular weight is 259 g/mol. The zero-order valence-corrected chi connectivity index (χ0v) is 11.4. The van der Waals surface area contributed by atoms with Crippen LogP contribution in [0.5, 0.6) is 0 Å². The lowest BCUT2D eigenvalue weighted by atomic mass is 10.1. The Balaban J connectivity index is 1.78. The fraction of sp³-hybridized carbons (Fsp3) is 0.467. The number of nitrogens with two attached hydrogens (primary N) is 1. The summed E-state index contributed by atoms with van der Waals surface area (Å²) < 4.78 is 5.66.